The lowest BCUT2D eigenvalue weighted by atomic mass is 10.2. The zero-order valence-electron chi connectivity index (χ0n) is 11.3. The van der Waals surface area contributed by atoms with E-state index in [2.05, 4.69) is 0 Å². The average Bonchev–Trinajstić information content (AvgIpc) is 2.32. The monoisotopic (exact) mass is 341 g/mol. The summed E-state index contributed by atoms with van der Waals surface area (Å²) in [5, 5.41) is 3.97. The number of nitrogens with two attached hydrogens (primary N) is 1. The Morgan fingerprint density at radius 3 is 2.52 bits per heavy atom. The summed E-state index contributed by atoms with van der Waals surface area (Å²) >= 11 is 5.66. The fourth-order valence-corrected chi connectivity index (χ4v) is 2.93. The zero-order valence-corrected chi connectivity index (χ0v) is 12.9. The van der Waals surface area contributed by atoms with Gasteiger partial charge in [-0.25, -0.2) is 27.1 Å². The lowest BCUT2D eigenvalue weighted by Crippen LogP contribution is -2.20. The summed E-state index contributed by atoms with van der Waals surface area (Å²) in [4.78, 5) is 10.6. The molecular weight excluding hydrogens is 328 g/mol. The van der Waals surface area contributed by atoms with Crippen molar-refractivity contribution >= 4 is 27.6 Å². The van der Waals surface area contributed by atoms with Crippen LogP contribution in [0.5, 0.6) is 0 Å². The average molecular weight is 342 g/mol. The number of esters is 1. The van der Waals surface area contributed by atoms with E-state index in [1.807, 2.05) is 6.92 Å². The van der Waals surface area contributed by atoms with E-state index in [4.69, 9.17) is 21.5 Å². The summed E-state index contributed by atoms with van der Waals surface area (Å²) in [6.07, 6.45) is 0.807. The molecule has 9 heteroatoms. The highest BCUT2D eigenvalue weighted by Crippen LogP contribution is 2.30. The van der Waals surface area contributed by atoms with Gasteiger partial charge in [-0.15, -0.1) is 0 Å². The van der Waals surface area contributed by atoms with Crippen molar-refractivity contribution in [1.29, 1.82) is 0 Å². The van der Waals surface area contributed by atoms with Crippen molar-refractivity contribution < 1.29 is 26.7 Å². The van der Waals surface area contributed by atoms with Gasteiger partial charge in [0, 0.05) is 0 Å². The van der Waals surface area contributed by atoms with Crippen LogP contribution in [0.15, 0.2) is 11.0 Å². The molecule has 21 heavy (non-hydrogen) atoms. The summed E-state index contributed by atoms with van der Waals surface area (Å²) in [6.45, 7) is 3.48. The van der Waals surface area contributed by atoms with E-state index in [9.17, 15) is 22.0 Å². The Balaban J connectivity index is 3.33. The van der Waals surface area contributed by atoms with Gasteiger partial charge < -0.3 is 4.74 Å². The number of rotatable bonds is 5. The van der Waals surface area contributed by atoms with Crippen molar-refractivity contribution in [2.45, 2.75) is 37.7 Å². The first-order valence-electron chi connectivity index (χ1n) is 6.00. The molecule has 1 aromatic rings. The molecule has 0 saturated heterocycles. The number of halogens is 3. The van der Waals surface area contributed by atoms with Crippen LogP contribution in [-0.4, -0.2) is 20.5 Å². The fraction of sp³-hybridized carbons (Fsp3) is 0.417. The topological polar surface area (TPSA) is 86.5 Å². The summed E-state index contributed by atoms with van der Waals surface area (Å²) in [6, 6.07) is 0.480. The van der Waals surface area contributed by atoms with Crippen LogP contribution in [0.2, 0.25) is 5.02 Å². The van der Waals surface area contributed by atoms with Gasteiger partial charge >= 0.3 is 5.97 Å². The van der Waals surface area contributed by atoms with Gasteiger partial charge in [0.05, 0.1) is 16.7 Å². The Hall–Kier alpha value is -1.25. The molecule has 0 bridgehead atoms. The molecule has 0 aliphatic carbocycles. The van der Waals surface area contributed by atoms with Gasteiger partial charge in [0.2, 0.25) is 10.0 Å². The second kappa shape index (κ2) is 6.67. The minimum absolute atomic E-state index is 0.480. The second-order valence-electron chi connectivity index (χ2n) is 4.41. The van der Waals surface area contributed by atoms with Crippen LogP contribution in [0.3, 0.4) is 0 Å². The predicted molar refractivity (Wildman–Crippen MR) is 72.5 cm³/mol. The maximum Gasteiger partial charge on any atom is 0.340 e. The van der Waals surface area contributed by atoms with E-state index >= 15 is 0 Å². The maximum absolute atomic E-state index is 13.5. The van der Waals surface area contributed by atoms with Crippen LogP contribution in [0.1, 0.15) is 37.0 Å². The van der Waals surface area contributed by atoms with Gasteiger partial charge in [-0.2, -0.15) is 0 Å². The largest absolute Gasteiger partial charge is 0.459 e. The number of sulfonamides is 1. The third-order valence-electron chi connectivity index (χ3n) is 2.62. The smallest absolute Gasteiger partial charge is 0.340 e. The summed E-state index contributed by atoms with van der Waals surface area (Å²) < 4.78 is 54.4. The molecule has 0 heterocycles. The molecule has 1 aromatic carbocycles. The van der Waals surface area contributed by atoms with E-state index in [0.29, 0.717) is 12.5 Å². The van der Waals surface area contributed by atoms with E-state index in [1.165, 1.54) is 0 Å². The maximum atomic E-state index is 13.5. The molecule has 2 N–H and O–H groups in total. The zero-order chi connectivity index (χ0) is 16.4. The highest BCUT2D eigenvalue weighted by molar-refractivity contribution is 7.89. The number of hydrogen-bond acceptors (Lipinski definition) is 4. The molecule has 5 nitrogen and oxygen atoms in total. The van der Waals surface area contributed by atoms with Crippen molar-refractivity contribution in [3.05, 3.63) is 28.3 Å². The molecule has 0 fully saturated rings. The minimum atomic E-state index is -4.64. The van der Waals surface area contributed by atoms with Crippen LogP contribution in [0, 0.1) is 11.6 Å². The summed E-state index contributed by atoms with van der Waals surface area (Å²) in [5.74, 6) is -4.34. The molecule has 0 saturated carbocycles. The van der Waals surface area contributed by atoms with Crippen molar-refractivity contribution in [2.75, 3.05) is 0 Å². The van der Waals surface area contributed by atoms with Crippen LogP contribution in [-0.2, 0) is 14.8 Å². The van der Waals surface area contributed by atoms with E-state index in [1.54, 1.807) is 6.92 Å². The molecule has 0 spiro atoms. The Morgan fingerprint density at radius 2 is 2.05 bits per heavy atom. The molecule has 1 unspecified atom stereocenters. The number of primary sulfonamides is 1. The molecule has 118 valence electrons. The molecular formula is C12H14ClF2NO4S. The van der Waals surface area contributed by atoms with Gasteiger partial charge in [0.1, 0.15) is 4.90 Å². The van der Waals surface area contributed by atoms with Gasteiger partial charge in [0.15, 0.2) is 11.6 Å². The van der Waals surface area contributed by atoms with Gasteiger partial charge in [-0.3, -0.25) is 0 Å². The Morgan fingerprint density at radius 1 is 1.48 bits per heavy atom. The lowest BCUT2D eigenvalue weighted by molar-refractivity contribution is 0.0322. The number of carbonyl (C=O) groups excluding carboxylic acids is 1. The van der Waals surface area contributed by atoms with Crippen molar-refractivity contribution in [3.63, 3.8) is 0 Å². The SMILES string of the molecule is CCCC(C)OC(=O)c1cc(F)c(F)c(S(N)(=O)=O)c1Cl. The number of benzene rings is 1. The van der Waals surface area contributed by atoms with Crippen LogP contribution in [0.4, 0.5) is 8.78 Å². The highest BCUT2D eigenvalue weighted by Gasteiger charge is 2.28. The number of ether oxygens (including phenoxy) is 1. The standard InChI is InChI=1S/C12H14ClF2NO4S/c1-3-4-6(2)20-12(17)7-5-8(14)10(15)11(9(7)13)21(16,18)19/h5-6H,3-4H2,1-2H3,(H2,16,18,19). The molecule has 0 aliphatic heterocycles. The minimum Gasteiger partial charge on any atom is -0.459 e. The van der Waals surface area contributed by atoms with Crippen molar-refractivity contribution in [3.8, 4) is 0 Å². The fourth-order valence-electron chi connectivity index (χ4n) is 1.69. The molecule has 1 atom stereocenters. The predicted octanol–water partition coefficient (Wildman–Crippen LogP) is 2.61. The van der Waals surface area contributed by atoms with Gasteiger partial charge in [-0.05, 0) is 19.4 Å². The highest BCUT2D eigenvalue weighted by atomic mass is 35.5. The first-order chi connectivity index (χ1) is 9.59. The van der Waals surface area contributed by atoms with Gasteiger partial charge in [0.25, 0.3) is 0 Å². The molecule has 0 aliphatic rings. The molecule has 0 aromatic heterocycles. The molecule has 1 rings (SSSR count). The number of hydrogen-bond donors (Lipinski definition) is 1. The summed E-state index contributed by atoms with van der Waals surface area (Å²) in [7, 11) is -4.64. The molecule has 0 amide bonds. The third kappa shape index (κ3) is 4.12. The van der Waals surface area contributed by atoms with Crippen LogP contribution >= 0.6 is 11.6 Å². The third-order valence-corrected chi connectivity index (χ3v) is 4.08. The lowest BCUT2D eigenvalue weighted by Gasteiger charge is -2.14. The normalized spacial score (nSPS) is 13.0. The van der Waals surface area contributed by atoms with Crippen molar-refractivity contribution in [1.82, 2.24) is 0 Å². The Labute approximate surface area is 126 Å². The van der Waals surface area contributed by atoms with Crippen LogP contribution in [0.25, 0.3) is 0 Å². The second-order valence-corrected chi connectivity index (χ2v) is 6.29. The van der Waals surface area contributed by atoms with E-state index in [0.717, 1.165) is 6.42 Å². The van der Waals surface area contributed by atoms with Gasteiger partial charge in [-0.1, -0.05) is 24.9 Å². The number of carbonyl (C=O) groups is 1. The van der Waals surface area contributed by atoms with E-state index < -0.39 is 49.2 Å². The van der Waals surface area contributed by atoms with Crippen molar-refractivity contribution in [2.24, 2.45) is 5.14 Å². The quantitative estimate of drug-likeness (QED) is 0.658. The van der Waals surface area contributed by atoms with Crippen LogP contribution < -0.4 is 5.14 Å². The Kier molecular flexibility index (Phi) is 5.66. The first kappa shape index (κ1) is 17.8. The Bertz CT molecular complexity index is 664. The van der Waals surface area contributed by atoms with E-state index in [-0.39, 0.29) is 0 Å². The molecule has 0 radical (unpaired) electrons. The first-order valence-corrected chi connectivity index (χ1v) is 7.93. The summed E-state index contributed by atoms with van der Waals surface area (Å²) in [5.41, 5.74) is -0.595.